The number of ether oxygens (including phenoxy) is 1. The van der Waals surface area contributed by atoms with Crippen LogP contribution in [0.3, 0.4) is 0 Å². The second kappa shape index (κ2) is 13.6. The van der Waals surface area contributed by atoms with Crippen molar-refractivity contribution in [3.8, 4) is 11.1 Å². The van der Waals surface area contributed by atoms with Crippen LogP contribution in [0.4, 0.5) is 23.7 Å². The monoisotopic (exact) mass is 659 g/mol. The molecular weight excluding hydrogens is 611 g/mol. The van der Waals surface area contributed by atoms with Gasteiger partial charge in [0.2, 0.25) is 5.91 Å². The Morgan fingerprint density at radius 1 is 1.00 bits per heavy atom. The number of alkyl carbamates (subject to hydrolysis) is 1. The molecule has 1 saturated carbocycles. The number of hydrogen-bond donors (Lipinski definition) is 2. The Balaban J connectivity index is 1.37. The molecule has 0 unspecified atom stereocenters. The van der Waals surface area contributed by atoms with E-state index in [4.69, 9.17) is 15.7 Å². The summed E-state index contributed by atoms with van der Waals surface area (Å²) in [7, 11) is 0. The minimum atomic E-state index is -4.64. The molecule has 3 amide bonds. The van der Waals surface area contributed by atoms with Gasteiger partial charge in [0.25, 0.3) is 5.91 Å². The quantitative estimate of drug-likeness (QED) is 0.293. The van der Waals surface area contributed by atoms with Crippen LogP contribution in [0, 0.1) is 5.92 Å². The van der Waals surface area contributed by atoms with Gasteiger partial charge in [-0.05, 0) is 87.1 Å². The topological polar surface area (TPSA) is 104 Å². The number of rotatable bonds is 8. The van der Waals surface area contributed by atoms with E-state index in [1.165, 1.54) is 6.07 Å². The molecule has 3 aromatic rings. The van der Waals surface area contributed by atoms with Crippen molar-refractivity contribution in [1.82, 2.24) is 20.5 Å². The molecule has 2 fully saturated rings. The largest absolute Gasteiger partial charge is 0.444 e. The number of pyridine rings is 1. The van der Waals surface area contributed by atoms with E-state index in [1.807, 2.05) is 0 Å². The summed E-state index contributed by atoms with van der Waals surface area (Å²) in [5, 5.41) is 5.24. The lowest BCUT2D eigenvalue weighted by Gasteiger charge is -2.36. The fraction of sp³-hybridized carbons (Fsp3) is 0.429. The van der Waals surface area contributed by atoms with E-state index in [9.17, 15) is 27.6 Å². The Hall–Kier alpha value is -4.61. The van der Waals surface area contributed by atoms with Gasteiger partial charge in [-0.3, -0.25) is 14.6 Å². The SMILES string of the molecule is [2H]C1([2H])N(C(=O)C2CC2)C([2H])([2H])C([2H])([2H])N(c2ccnc(C(=O)N[C@H](C)c3ccc(-c4cc(C(F)(F)F)ccc4CNC(=O)OC(C)(C)C)cc3)c2)C1([2H])[2H]. The number of anilines is 1. The van der Waals surface area contributed by atoms with E-state index >= 15 is 0 Å². The maximum absolute atomic E-state index is 13.7. The third-order valence-electron chi connectivity index (χ3n) is 7.26. The van der Waals surface area contributed by atoms with Gasteiger partial charge in [-0.25, -0.2) is 4.79 Å². The number of alkyl halides is 3. The minimum Gasteiger partial charge on any atom is -0.444 e. The van der Waals surface area contributed by atoms with Crippen molar-refractivity contribution in [3.05, 3.63) is 83.2 Å². The summed E-state index contributed by atoms with van der Waals surface area (Å²) in [5.74, 6) is -2.60. The van der Waals surface area contributed by atoms with Gasteiger partial charge in [0.05, 0.1) is 22.6 Å². The molecule has 5 rings (SSSR count). The van der Waals surface area contributed by atoms with Gasteiger partial charge >= 0.3 is 12.3 Å². The van der Waals surface area contributed by atoms with Crippen molar-refractivity contribution in [2.75, 3.05) is 30.9 Å². The molecule has 2 aromatic carbocycles. The molecule has 250 valence electrons. The van der Waals surface area contributed by atoms with Crippen molar-refractivity contribution in [1.29, 1.82) is 0 Å². The fourth-order valence-corrected chi connectivity index (χ4v) is 4.65. The van der Waals surface area contributed by atoms with E-state index in [1.54, 1.807) is 52.0 Å². The second-order valence-electron chi connectivity index (χ2n) is 12.2. The Bertz CT molecular complexity index is 1940. The molecule has 47 heavy (non-hydrogen) atoms. The number of amides is 3. The predicted octanol–water partition coefficient (Wildman–Crippen LogP) is 6.34. The summed E-state index contributed by atoms with van der Waals surface area (Å²) in [6, 6.07) is 10.7. The normalized spacial score (nSPS) is 22.8. The highest BCUT2D eigenvalue weighted by Crippen LogP contribution is 2.35. The molecule has 1 atom stereocenters. The van der Waals surface area contributed by atoms with Crippen molar-refractivity contribution in [2.24, 2.45) is 5.92 Å². The molecule has 0 radical (unpaired) electrons. The number of halogens is 3. The van der Waals surface area contributed by atoms with Gasteiger partial charge in [0.15, 0.2) is 0 Å². The average molecular weight is 660 g/mol. The molecule has 12 heteroatoms. The van der Waals surface area contributed by atoms with Gasteiger partial charge in [0.1, 0.15) is 11.3 Å². The number of nitrogens with zero attached hydrogens (tertiary/aromatic N) is 3. The Labute approximate surface area is 283 Å². The maximum atomic E-state index is 13.7. The molecule has 1 aliphatic carbocycles. The van der Waals surface area contributed by atoms with Crippen LogP contribution in [0.25, 0.3) is 11.1 Å². The zero-order chi connectivity index (χ0) is 41.1. The van der Waals surface area contributed by atoms with Crippen LogP contribution in [0.15, 0.2) is 60.8 Å². The van der Waals surface area contributed by atoms with Crippen LogP contribution < -0.4 is 15.5 Å². The summed E-state index contributed by atoms with van der Waals surface area (Å²) in [5.41, 5.74) is -0.990. The molecule has 9 nitrogen and oxygen atoms in total. The average Bonchev–Trinajstić information content (AvgIpc) is 3.91. The maximum Gasteiger partial charge on any atom is 0.416 e. The number of hydrogen-bond acceptors (Lipinski definition) is 6. The van der Waals surface area contributed by atoms with Gasteiger partial charge in [-0.1, -0.05) is 30.3 Å². The molecule has 1 aliphatic heterocycles. The lowest BCUT2D eigenvalue weighted by atomic mass is 9.95. The first-order valence-electron chi connectivity index (χ1n) is 18.9. The lowest BCUT2D eigenvalue weighted by Crippen LogP contribution is -2.49. The number of carbonyl (C=O) groups is 3. The molecule has 1 saturated heterocycles. The van der Waals surface area contributed by atoms with Crippen LogP contribution in [0.2, 0.25) is 0 Å². The predicted molar refractivity (Wildman–Crippen MR) is 172 cm³/mol. The highest BCUT2D eigenvalue weighted by molar-refractivity contribution is 5.93. The first-order chi connectivity index (χ1) is 25.2. The highest BCUT2D eigenvalue weighted by Gasteiger charge is 2.35. The second-order valence-corrected chi connectivity index (χ2v) is 12.2. The molecular formula is C35H40F3N5O4. The standard InChI is InChI=1S/C35H40F3N5O4/c1-22(41-31(44)30-20-28(13-14-39-30)42-15-17-43(18-16-42)32(45)25-9-10-25)23-5-7-24(8-6-23)29-19-27(35(36,37)38)12-11-26(29)21-40-33(46)47-34(2,3)4/h5-8,11-14,19-20,22,25H,9-10,15-18,21H2,1-4H3,(H,40,46)(H,41,44)/t22-/m1/s1/i15D2,16D2,17D2,18D2. The third kappa shape index (κ3) is 8.81. The Morgan fingerprint density at radius 3 is 2.30 bits per heavy atom. The summed E-state index contributed by atoms with van der Waals surface area (Å²) >= 11 is 0. The van der Waals surface area contributed by atoms with Crippen molar-refractivity contribution in [3.63, 3.8) is 0 Å². The summed E-state index contributed by atoms with van der Waals surface area (Å²) in [4.78, 5) is 42.9. The summed E-state index contributed by atoms with van der Waals surface area (Å²) in [6.07, 6.45) is -3.65. The number of carbonyl (C=O) groups excluding carboxylic acids is 3. The van der Waals surface area contributed by atoms with Crippen molar-refractivity contribution in [2.45, 2.75) is 64.9 Å². The highest BCUT2D eigenvalue weighted by atomic mass is 19.4. The van der Waals surface area contributed by atoms with E-state index in [-0.39, 0.29) is 27.6 Å². The van der Waals surface area contributed by atoms with Gasteiger partial charge in [-0.15, -0.1) is 0 Å². The van der Waals surface area contributed by atoms with Gasteiger partial charge in [-0.2, -0.15) is 13.2 Å². The molecule has 2 aliphatic rings. The van der Waals surface area contributed by atoms with Crippen molar-refractivity contribution >= 4 is 23.6 Å². The van der Waals surface area contributed by atoms with E-state index in [0.29, 0.717) is 29.5 Å². The molecule has 2 N–H and O–H groups in total. The van der Waals surface area contributed by atoms with Crippen LogP contribution in [-0.4, -0.2) is 59.4 Å². The zero-order valence-corrected chi connectivity index (χ0v) is 26.2. The number of nitrogens with one attached hydrogen (secondary N) is 2. The van der Waals surface area contributed by atoms with E-state index in [0.717, 1.165) is 30.5 Å². The Kier molecular flexibility index (Phi) is 7.12. The molecule has 0 bridgehead atoms. The third-order valence-corrected chi connectivity index (χ3v) is 7.26. The van der Waals surface area contributed by atoms with Crippen LogP contribution in [0.5, 0.6) is 0 Å². The fourth-order valence-electron chi connectivity index (χ4n) is 4.65. The van der Waals surface area contributed by atoms with Gasteiger partial charge in [0, 0.05) is 50.3 Å². The smallest absolute Gasteiger partial charge is 0.416 e. The van der Waals surface area contributed by atoms with Crippen molar-refractivity contribution < 1.29 is 43.3 Å². The Morgan fingerprint density at radius 2 is 1.68 bits per heavy atom. The van der Waals surface area contributed by atoms with E-state index < -0.39 is 78.9 Å². The van der Waals surface area contributed by atoms with Crippen LogP contribution >= 0.6 is 0 Å². The lowest BCUT2D eigenvalue weighted by molar-refractivity contribution is -0.137. The number of benzene rings is 2. The van der Waals surface area contributed by atoms with Crippen LogP contribution in [-0.2, 0) is 22.3 Å². The van der Waals surface area contributed by atoms with Gasteiger partial charge < -0.3 is 25.2 Å². The first-order valence-corrected chi connectivity index (χ1v) is 14.9. The minimum absolute atomic E-state index is 0.0186. The number of piperazine rings is 1. The molecule has 2 heterocycles. The molecule has 1 aromatic heterocycles. The molecule has 0 spiro atoms. The first kappa shape index (κ1) is 24.5. The summed E-state index contributed by atoms with van der Waals surface area (Å²) < 4.78 is 115. The number of aromatic nitrogens is 1. The zero-order valence-electron chi connectivity index (χ0n) is 34.2. The van der Waals surface area contributed by atoms with Crippen LogP contribution in [0.1, 0.15) is 84.7 Å². The van der Waals surface area contributed by atoms with E-state index in [2.05, 4.69) is 15.6 Å². The summed E-state index contributed by atoms with van der Waals surface area (Å²) in [6.45, 7) is -6.87.